The molecule has 7 nitrogen and oxygen atoms in total. The number of anilines is 1. The highest BCUT2D eigenvalue weighted by molar-refractivity contribution is 6.04. The maximum atomic E-state index is 13.5. The van der Waals surface area contributed by atoms with Crippen LogP contribution in [0.4, 0.5) is 5.69 Å². The molecule has 5 rings (SSSR count). The fourth-order valence-electron chi connectivity index (χ4n) is 4.41. The molecule has 176 valence electrons. The smallest absolute Gasteiger partial charge is 0.255 e. The number of imidazole rings is 1. The predicted octanol–water partition coefficient (Wildman–Crippen LogP) is 4.34. The van der Waals surface area contributed by atoms with Gasteiger partial charge in [-0.15, -0.1) is 0 Å². The first-order valence-electron chi connectivity index (χ1n) is 11.6. The summed E-state index contributed by atoms with van der Waals surface area (Å²) in [6, 6.07) is 23.6. The van der Waals surface area contributed by atoms with E-state index in [1.165, 1.54) is 0 Å². The number of hydrogen-bond acceptors (Lipinski definition) is 4. The van der Waals surface area contributed by atoms with Crippen LogP contribution in [0.15, 0.2) is 85.1 Å². The summed E-state index contributed by atoms with van der Waals surface area (Å²) in [5.74, 6) is 0.417. The zero-order chi connectivity index (χ0) is 24.2. The van der Waals surface area contributed by atoms with E-state index in [-0.39, 0.29) is 18.4 Å². The summed E-state index contributed by atoms with van der Waals surface area (Å²) in [6.45, 7) is 0.516. The van der Waals surface area contributed by atoms with E-state index in [1.807, 2.05) is 79.0 Å². The van der Waals surface area contributed by atoms with Crippen molar-refractivity contribution in [3.05, 3.63) is 108 Å². The molecule has 1 aliphatic heterocycles. The number of aromatic nitrogens is 2. The van der Waals surface area contributed by atoms with E-state index in [9.17, 15) is 9.59 Å². The predicted molar refractivity (Wildman–Crippen MR) is 134 cm³/mol. The van der Waals surface area contributed by atoms with Gasteiger partial charge in [-0.1, -0.05) is 60.7 Å². The molecule has 0 fully saturated rings. The topological polar surface area (TPSA) is 98.3 Å². The van der Waals surface area contributed by atoms with E-state index in [4.69, 9.17) is 5.11 Å². The van der Waals surface area contributed by atoms with Crippen molar-refractivity contribution in [1.82, 2.24) is 14.9 Å². The Kier molecular flexibility index (Phi) is 6.41. The van der Waals surface area contributed by atoms with E-state index in [0.29, 0.717) is 30.6 Å². The summed E-state index contributed by atoms with van der Waals surface area (Å²) in [4.78, 5) is 36.0. The number of aromatic amines is 1. The molecule has 0 saturated heterocycles. The number of rotatable bonds is 8. The second-order valence-electron chi connectivity index (χ2n) is 8.53. The Bertz CT molecular complexity index is 1330. The lowest BCUT2D eigenvalue weighted by Crippen LogP contribution is -2.37. The molecule has 3 aromatic carbocycles. The van der Waals surface area contributed by atoms with Crippen LogP contribution in [0, 0.1) is 0 Å². The van der Waals surface area contributed by atoms with Crippen molar-refractivity contribution in [2.45, 2.75) is 25.4 Å². The third-order valence-corrected chi connectivity index (χ3v) is 6.18. The van der Waals surface area contributed by atoms with Crippen molar-refractivity contribution in [3.8, 4) is 11.3 Å². The maximum absolute atomic E-state index is 13.5. The average Bonchev–Trinajstić information content (AvgIpc) is 3.49. The van der Waals surface area contributed by atoms with Gasteiger partial charge in [0.15, 0.2) is 0 Å². The molecule has 2 heterocycles. The van der Waals surface area contributed by atoms with Crippen LogP contribution in [0.5, 0.6) is 0 Å². The fourth-order valence-corrected chi connectivity index (χ4v) is 4.41. The Morgan fingerprint density at radius 1 is 1.03 bits per heavy atom. The molecule has 0 radical (unpaired) electrons. The average molecular weight is 467 g/mol. The van der Waals surface area contributed by atoms with Gasteiger partial charge in [-0.2, -0.15) is 0 Å². The van der Waals surface area contributed by atoms with Gasteiger partial charge in [-0.25, -0.2) is 4.98 Å². The molecule has 4 aromatic rings. The van der Waals surface area contributed by atoms with Crippen LogP contribution in [-0.4, -0.2) is 38.4 Å². The number of amides is 2. The first-order valence-corrected chi connectivity index (χ1v) is 11.6. The maximum Gasteiger partial charge on any atom is 0.255 e. The number of fused-ring (bicyclic) bond motifs is 1. The number of carbonyl (C=O) groups is 2. The standard InChI is InChI=1S/C28H26N4O3/c33-16-6-11-25-29-17-24(31-25)19-12-14-22(15-13-19)30-27(34)26(20-7-2-1-3-8-20)32-18-21-9-4-5-10-23(21)28(32)35/h1-5,7-10,12-15,17,26,33H,6,11,16,18H2,(H,29,31)(H,30,34). The summed E-state index contributed by atoms with van der Waals surface area (Å²) in [5.41, 5.74) is 4.68. The van der Waals surface area contributed by atoms with Crippen LogP contribution >= 0.6 is 0 Å². The Morgan fingerprint density at radius 2 is 1.77 bits per heavy atom. The van der Waals surface area contributed by atoms with Crippen molar-refractivity contribution in [2.24, 2.45) is 0 Å². The van der Waals surface area contributed by atoms with Gasteiger partial charge in [0.2, 0.25) is 0 Å². The molecule has 1 unspecified atom stereocenters. The van der Waals surface area contributed by atoms with Crippen LogP contribution in [-0.2, 0) is 17.8 Å². The molecular formula is C28H26N4O3. The normalized spacial score (nSPS) is 13.5. The molecule has 1 atom stereocenters. The molecule has 0 spiro atoms. The minimum atomic E-state index is -0.754. The fraction of sp³-hybridized carbons (Fsp3) is 0.179. The lowest BCUT2D eigenvalue weighted by molar-refractivity contribution is -0.120. The first kappa shape index (κ1) is 22.6. The number of carbonyl (C=O) groups excluding carboxylic acids is 2. The highest BCUT2D eigenvalue weighted by atomic mass is 16.3. The molecule has 2 amide bonds. The second kappa shape index (κ2) is 9.95. The number of aliphatic hydroxyl groups is 1. The lowest BCUT2D eigenvalue weighted by Gasteiger charge is -2.27. The van der Waals surface area contributed by atoms with Crippen LogP contribution in [0.1, 0.15) is 39.8 Å². The quantitative estimate of drug-likeness (QED) is 0.360. The summed E-state index contributed by atoms with van der Waals surface area (Å²) >= 11 is 0. The molecule has 7 heteroatoms. The molecular weight excluding hydrogens is 440 g/mol. The highest BCUT2D eigenvalue weighted by Crippen LogP contribution is 2.32. The van der Waals surface area contributed by atoms with Gasteiger partial charge in [-0.05, 0) is 35.7 Å². The van der Waals surface area contributed by atoms with Gasteiger partial charge < -0.3 is 20.3 Å². The number of H-pyrrole nitrogens is 1. The molecule has 1 aliphatic rings. The Labute approximate surface area is 203 Å². The number of nitrogens with zero attached hydrogens (tertiary/aromatic N) is 2. The van der Waals surface area contributed by atoms with Crippen molar-refractivity contribution in [3.63, 3.8) is 0 Å². The van der Waals surface area contributed by atoms with Crippen molar-refractivity contribution in [2.75, 3.05) is 11.9 Å². The first-order chi connectivity index (χ1) is 17.1. The number of aryl methyl sites for hydroxylation is 1. The van der Waals surface area contributed by atoms with E-state index in [1.54, 1.807) is 11.0 Å². The van der Waals surface area contributed by atoms with Crippen LogP contribution < -0.4 is 5.32 Å². The van der Waals surface area contributed by atoms with Gasteiger partial charge in [-0.3, -0.25) is 9.59 Å². The Balaban J connectivity index is 1.35. The zero-order valence-corrected chi connectivity index (χ0v) is 19.1. The van der Waals surface area contributed by atoms with E-state index in [2.05, 4.69) is 15.3 Å². The summed E-state index contributed by atoms with van der Waals surface area (Å²) < 4.78 is 0. The largest absolute Gasteiger partial charge is 0.396 e. The van der Waals surface area contributed by atoms with Gasteiger partial charge in [0.1, 0.15) is 11.9 Å². The lowest BCUT2D eigenvalue weighted by atomic mass is 10.0. The molecule has 3 N–H and O–H groups in total. The summed E-state index contributed by atoms with van der Waals surface area (Å²) in [7, 11) is 0. The van der Waals surface area contributed by atoms with Gasteiger partial charge in [0, 0.05) is 42.6 Å². The molecule has 1 aromatic heterocycles. The van der Waals surface area contributed by atoms with Crippen LogP contribution in [0.2, 0.25) is 0 Å². The Hall–Kier alpha value is -4.23. The zero-order valence-electron chi connectivity index (χ0n) is 19.1. The highest BCUT2D eigenvalue weighted by Gasteiger charge is 2.37. The Morgan fingerprint density at radius 3 is 2.51 bits per heavy atom. The summed E-state index contributed by atoms with van der Waals surface area (Å²) in [6.07, 6.45) is 3.18. The molecule has 0 aliphatic carbocycles. The van der Waals surface area contributed by atoms with Crippen molar-refractivity contribution < 1.29 is 14.7 Å². The molecule has 0 saturated carbocycles. The van der Waals surface area contributed by atoms with Gasteiger partial charge in [0.25, 0.3) is 11.8 Å². The van der Waals surface area contributed by atoms with Crippen molar-refractivity contribution >= 4 is 17.5 Å². The van der Waals surface area contributed by atoms with Crippen molar-refractivity contribution in [1.29, 1.82) is 0 Å². The number of aliphatic hydroxyl groups excluding tert-OH is 1. The van der Waals surface area contributed by atoms with E-state index in [0.717, 1.165) is 28.2 Å². The number of nitrogens with one attached hydrogen (secondary N) is 2. The number of benzene rings is 3. The molecule has 35 heavy (non-hydrogen) atoms. The third kappa shape index (κ3) is 4.72. The minimum absolute atomic E-state index is 0.128. The van der Waals surface area contributed by atoms with Crippen LogP contribution in [0.25, 0.3) is 11.3 Å². The van der Waals surface area contributed by atoms with Gasteiger partial charge >= 0.3 is 0 Å². The monoisotopic (exact) mass is 466 g/mol. The van der Waals surface area contributed by atoms with E-state index >= 15 is 0 Å². The minimum Gasteiger partial charge on any atom is -0.396 e. The SMILES string of the molecule is O=C(Nc1ccc(-c2c[nH]c(CCCO)n2)cc1)C(c1ccccc1)N1Cc2ccccc2C1=O. The van der Waals surface area contributed by atoms with E-state index < -0.39 is 6.04 Å². The van der Waals surface area contributed by atoms with Gasteiger partial charge in [0.05, 0.1) is 5.69 Å². The second-order valence-corrected chi connectivity index (χ2v) is 8.53. The molecule has 0 bridgehead atoms. The number of hydrogen-bond donors (Lipinski definition) is 3. The van der Waals surface area contributed by atoms with Crippen LogP contribution in [0.3, 0.4) is 0 Å². The third-order valence-electron chi connectivity index (χ3n) is 6.18. The summed E-state index contributed by atoms with van der Waals surface area (Å²) in [5, 5.41) is 12.0.